The maximum absolute atomic E-state index is 14.0. The zero-order valence-electron chi connectivity index (χ0n) is 13.0. The molecule has 1 N–H and O–H groups in total. The Hall–Kier alpha value is -2.71. The molecular weight excluding hydrogens is 295 g/mol. The fraction of sp³-hybridized carbons (Fsp3) is 0.222. The Balaban J connectivity index is 2.15. The van der Waals surface area contributed by atoms with E-state index < -0.39 is 11.4 Å². The molecule has 0 aliphatic carbocycles. The lowest BCUT2D eigenvalue weighted by atomic mass is 9.95. The van der Waals surface area contributed by atoms with E-state index in [0.29, 0.717) is 16.7 Å². The number of carbonyl (C=O) groups is 1. The van der Waals surface area contributed by atoms with Gasteiger partial charge < -0.3 is 10.1 Å². The first kappa shape index (κ1) is 16.7. The molecule has 0 fully saturated rings. The van der Waals surface area contributed by atoms with E-state index in [1.807, 2.05) is 6.07 Å². The maximum atomic E-state index is 14.0. The van der Waals surface area contributed by atoms with E-state index in [1.165, 1.54) is 19.2 Å². The molecule has 2 aromatic rings. The van der Waals surface area contributed by atoms with Crippen LogP contribution in [0, 0.1) is 17.1 Å². The lowest BCUT2D eigenvalue weighted by Crippen LogP contribution is -2.40. The van der Waals surface area contributed by atoms with Crippen LogP contribution in [0.3, 0.4) is 0 Å². The third-order valence-electron chi connectivity index (χ3n) is 3.73. The monoisotopic (exact) mass is 312 g/mol. The summed E-state index contributed by atoms with van der Waals surface area (Å²) in [5, 5.41) is 11.6. The topological polar surface area (TPSA) is 62.1 Å². The van der Waals surface area contributed by atoms with Gasteiger partial charge in [0.1, 0.15) is 11.4 Å². The van der Waals surface area contributed by atoms with Gasteiger partial charge in [-0.3, -0.25) is 4.79 Å². The van der Waals surface area contributed by atoms with Gasteiger partial charge in [0.15, 0.2) is 0 Å². The zero-order chi connectivity index (χ0) is 16.9. The van der Waals surface area contributed by atoms with Crippen LogP contribution >= 0.6 is 0 Å². The van der Waals surface area contributed by atoms with Crippen LogP contribution in [0.4, 0.5) is 4.39 Å². The molecule has 2 aromatic carbocycles. The first-order chi connectivity index (χ1) is 11.0. The summed E-state index contributed by atoms with van der Waals surface area (Å²) in [6.45, 7) is 1.80. The van der Waals surface area contributed by atoms with Crippen molar-refractivity contribution in [1.82, 2.24) is 5.32 Å². The molecule has 0 spiro atoms. The molecule has 0 aromatic heterocycles. The molecule has 0 aliphatic rings. The van der Waals surface area contributed by atoms with Crippen molar-refractivity contribution >= 4 is 5.91 Å². The van der Waals surface area contributed by atoms with E-state index in [9.17, 15) is 9.18 Å². The highest BCUT2D eigenvalue weighted by atomic mass is 19.1. The number of hydrogen-bond donors (Lipinski definition) is 1. The number of nitrogens with one attached hydrogen (secondary N) is 1. The second-order valence-corrected chi connectivity index (χ2v) is 5.29. The molecule has 118 valence electrons. The Labute approximate surface area is 134 Å². The van der Waals surface area contributed by atoms with Crippen molar-refractivity contribution in [3.05, 3.63) is 71.0 Å². The average molecular weight is 312 g/mol. The third kappa shape index (κ3) is 3.74. The molecule has 23 heavy (non-hydrogen) atoms. The largest absolute Gasteiger partial charge is 0.372 e. The highest BCUT2D eigenvalue weighted by molar-refractivity contribution is 5.94. The van der Waals surface area contributed by atoms with E-state index >= 15 is 0 Å². The van der Waals surface area contributed by atoms with Gasteiger partial charge in [0.25, 0.3) is 5.91 Å². The van der Waals surface area contributed by atoms with Gasteiger partial charge in [0.05, 0.1) is 18.2 Å². The molecule has 4 nitrogen and oxygen atoms in total. The summed E-state index contributed by atoms with van der Waals surface area (Å²) < 4.78 is 19.4. The van der Waals surface area contributed by atoms with Crippen molar-refractivity contribution in [2.75, 3.05) is 13.7 Å². The van der Waals surface area contributed by atoms with Crippen LogP contribution < -0.4 is 5.32 Å². The van der Waals surface area contributed by atoms with E-state index in [-0.39, 0.29) is 12.5 Å². The fourth-order valence-corrected chi connectivity index (χ4v) is 2.25. The van der Waals surface area contributed by atoms with E-state index in [0.717, 1.165) is 0 Å². The lowest BCUT2D eigenvalue weighted by Gasteiger charge is -2.29. The molecule has 5 heteroatoms. The summed E-state index contributed by atoms with van der Waals surface area (Å²) in [6.07, 6.45) is 0. The number of methoxy groups -OCH3 is 1. The number of amides is 1. The van der Waals surface area contributed by atoms with Crippen LogP contribution in [0.15, 0.2) is 48.5 Å². The third-order valence-corrected chi connectivity index (χ3v) is 3.73. The van der Waals surface area contributed by atoms with Gasteiger partial charge in [-0.25, -0.2) is 4.39 Å². The summed E-state index contributed by atoms with van der Waals surface area (Å²) in [6, 6.07) is 14.7. The summed E-state index contributed by atoms with van der Waals surface area (Å²) in [7, 11) is 1.47. The van der Waals surface area contributed by atoms with Crippen molar-refractivity contribution in [3.8, 4) is 6.07 Å². The molecule has 1 amide bonds. The van der Waals surface area contributed by atoms with E-state index in [2.05, 4.69) is 5.32 Å². The number of nitrogens with zero attached hydrogens (tertiary/aromatic N) is 1. The van der Waals surface area contributed by atoms with Gasteiger partial charge in [-0.1, -0.05) is 24.3 Å². The normalized spacial score (nSPS) is 13.0. The van der Waals surface area contributed by atoms with Crippen LogP contribution in [0.2, 0.25) is 0 Å². The van der Waals surface area contributed by atoms with Gasteiger partial charge in [0, 0.05) is 18.2 Å². The molecule has 0 heterocycles. The van der Waals surface area contributed by atoms with E-state index in [4.69, 9.17) is 10.00 Å². The summed E-state index contributed by atoms with van der Waals surface area (Å²) in [4.78, 5) is 12.2. The van der Waals surface area contributed by atoms with Crippen molar-refractivity contribution in [2.45, 2.75) is 12.5 Å². The van der Waals surface area contributed by atoms with Crippen molar-refractivity contribution < 1.29 is 13.9 Å². The van der Waals surface area contributed by atoms with Crippen LogP contribution in [-0.4, -0.2) is 19.6 Å². The fourth-order valence-electron chi connectivity index (χ4n) is 2.25. The van der Waals surface area contributed by atoms with Crippen molar-refractivity contribution in [1.29, 1.82) is 5.26 Å². The molecule has 0 unspecified atom stereocenters. The standard InChI is InChI=1S/C18H17FN2O2/c1-18(23-2,15-8-3-4-9-16(15)19)12-21-17(22)14-7-5-6-13(10-14)11-20/h3-10H,12H2,1-2H3,(H,21,22)/t18-/m1/s1. The number of benzene rings is 2. The molecule has 0 bridgehead atoms. The maximum Gasteiger partial charge on any atom is 0.251 e. The van der Waals surface area contributed by atoms with Gasteiger partial charge in [-0.2, -0.15) is 5.26 Å². The summed E-state index contributed by atoms with van der Waals surface area (Å²) in [5.74, 6) is -0.737. The average Bonchev–Trinajstić information content (AvgIpc) is 2.59. The second kappa shape index (κ2) is 7.03. The number of carbonyl (C=O) groups excluding carboxylic acids is 1. The summed E-state index contributed by atoms with van der Waals surface area (Å²) >= 11 is 0. The molecular formula is C18H17FN2O2. The SMILES string of the molecule is CO[C@](C)(CNC(=O)c1cccc(C#N)c1)c1ccccc1F. The minimum absolute atomic E-state index is 0.0973. The number of hydrogen-bond acceptors (Lipinski definition) is 3. The van der Waals surface area contributed by atoms with Crippen molar-refractivity contribution in [2.24, 2.45) is 0 Å². The predicted molar refractivity (Wildman–Crippen MR) is 84.3 cm³/mol. The van der Waals surface area contributed by atoms with Gasteiger partial charge in [-0.15, -0.1) is 0 Å². The molecule has 0 saturated heterocycles. The summed E-state index contributed by atoms with van der Waals surface area (Å²) in [5.41, 5.74) is 0.152. The molecule has 0 aliphatic heterocycles. The Morgan fingerprint density at radius 3 is 2.70 bits per heavy atom. The first-order valence-electron chi connectivity index (χ1n) is 7.08. The second-order valence-electron chi connectivity index (χ2n) is 5.29. The van der Waals surface area contributed by atoms with Crippen molar-refractivity contribution in [3.63, 3.8) is 0 Å². The number of halogens is 1. The molecule has 0 radical (unpaired) electrons. The van der Waals surface area contributed by atoms with Gasteiger partial charge in [0.2, 0.25) is 0 Å². The highest BCUT2D eigenvalue weighted by Crippen LogP contribution is 2.26. The number of nitriles is 1. The van der Waals surface area contributed by atoms with Crippen LogP contribution in [0.5, 0.6) is 0 Å². The highest BCUT2D eigenvalue weighted by Gasteiger charge is 2.29. The Morgan fingerprint density at radius 1 is 1.30 bits per heavy atom. The minimum Gasteiger partial charge on any atom is -0.372 e. The zero-order valence-corrected chi connectivity index (χ0v) is 13.0. The lowest BCUT2D eigenvalue weighted by molar-refractivity contribution is 0.000389. The van der Waals surface area contributed by atoms with Crippen LogP contribution in [0.1, 0.15) is 28.4 Å². The molecule has 2 rings (SSSR count). The van der Waals surface area contributed by atoms with Gasteiger partial charge >= 0.3 is 0 Å². The van der Waals surface area contributed by atoms with Crippen LogP contribution in [-0.2, 0) is 10.3 Å². The first-order valence-corrected chi connectivity index (χ1v) is 7.08. The van der Waals surface area contributed by atoms with Gasteiger partial charge in [-0.05, 0) is 31.2 Å². The molecule has 1 atom stereocenters. The van der Waals surface area contributed by atoms with Crippen LogP contribution in [0.25, 0.3) is 0 Å². The Kier molecular flexibility index (Phi) is 5.09. The smallest absolute Gasteiger partial charge is 0.251 e. The quantitative estimate of drug-likeness (QED) is 0.923. The van der Waals surface area contributed by atoms with E-state index in [1.54, 1.807) is 43.3 Å². The Morgan fingerprint density at radius 2 is 2.04 bits per heavy atom. The molecule has 0 saturated carbocycles. The minimum atomic E-state index is -0.992. The Bertz CT molecular complexity index is 755. The number of rotatable bonds is 5. The predicted octanol–water partition coefficient (Wildman–Crippen LogP) is 2.99. The number of ether oxygens (including phenoxy) is 1.